The van der Waals surface area contributed by atoms with E-state index in [9.17, 15) is 0 Å². The van der Waals surface area contributed by atoms with Gasteiger partial charge in [0.05, 0.1) is 14.2 Å². The molecule has 0 aliphatic rings. The normalized spacial score (nSPS) is 10.7. The fourth-order valence-electron chi connectivity index (χ4n) is 2.41. The van der Waals surface area contributed by atoms with Crippen LogP contribution in [0.1, 0.15) is 6.92 Å². The van der Waals surface area contributed by atoms with Crippen molar-refractivity contribution in [2.45, 2.75) is 6.92 Å². The fraction of sp³-hybridized carbons (Fsp3) is 0.333. The Balaban J connectivity index is 2.28. The van der Waals surface area contributed by atoms with Gasteiger partial charge in [-0.3, -0.25) is 9.25 Å². The number of nitrogens with one attached hydrogen (secondary N) is 1. The molecule has 0 saturated heterocycles. The first-order valence-electron chi connectivity index (χ1n) is 7.46. The molecule has 9 nitrogen and oxygen atoms in total. The van der Waals surface area contributed by atoms with Gasteiger partial charge in [-0.25, -0.2) is 4.98 Å². The summed E-state index contributed by atoms with van der Waals surface area (Å²) in [5.41, 5.74) is 1.30. The molecule has 0 aromatic carbocycles. The summed E-state index contributed by atoms with van der Waals surface area (Å²) >= 11 is 0. The molecule has 24 heavy (non-hydrogen) atoms. The molecule has 0 amide bonds. The van der Waals surface area contributed by atoms with Crippen LogP contribution >= 0.6 is 0 Å². The van der Waals surface area contributed by atoms with Gasteiger partial charge in [0.25, 0.3) is 0 Å². The summed E-state index contributed by atoms with van der Waals surface area (Å²) in [5, 5.41) is 16.1. The third kappa shape index (κ3) is 2.64. The molecule has 0 atom stereocenters. The molecule has 0 spiro atoms. The second-order valence-corrected chi connectivity index (χ2v) is 4.96. The highest BCUT2D eigenvalue weighted by Crippen LogP contribution is 2.35. The van der Waals surface area contributed by atoms with Gasteiger partial charge in [-0.05, 0) is 13.0 Å². The number of hydrogen-bond acceptors (Lipinski definition) is 7. The van der Waals surface area contributed by atoms with Crippen LogP contribution in [0.5, 0.6) is 11.6 Å². The summed E-state index contributed by atoms with van der Waals surface area (Å²) in [6.07, 6.45) is 3.47. The number of ether oxygens (including phenoxy) is 2. The highest BCUT2D eigenvalue weighted by atomic mass is 16.5. The van der Waals surface area contributed by atoms with Crippen LogP contribution in [-0.2, 0) is 7.05 Å². The zero-order valence-corrected chi connectivity index (χ0v) is 14.0. The Morgan fingerprint density at radius 1 is 1.17 bits per heavy atom. The lowest BCUT2D eigenvalue weighted by Gasteiger charge is -2.15. The predicted molar refractivity (Wildman–Crippen MR) is 88.6 cm³/mol. The van der Waals surface area contributed by atoms with E-state index < -0.39 is 0 Å². The number of aryl methyl sites for hydroxylation is 1. The predicted octanol–water partition coefficient (Wildman–Crippen LogP) is 1.51. The van der Waals surface area contributed by atoms with Crippen molar-refractivity contribution in [3.63, 3.8) is 0 Å². The molecule has 3 aromatic heterocycles. The van der Waals surface area contributed by atoms with Crippen molar-refractivity contribution in [3.05, 3.63) is 24.5 Å². The van der Waals surface area contributed by atoms with E-state index in [1.54, 1.807) is 35.7 Å². The Bertz CT molecular complexity index is 818. The van der Waals surface area contributed by atoms with Crippen LogP contribution in [0.3, 0.4) is 0 Å². The van der Waals surface area contributed by atoms with E-state index in [0.29, 0.717) is 41.3 Å². The summed E-state index contributed by atoms with van der Waals surface area (Å²) < 4.78 is 14.4. The van der Waals surface area contributed by atoms with Gasteiger partial charge in [-0.15, -0.1) is 10.2 Å². The third-order valence-electron chi connectivity index (χ3n) is 3.43. The number of anilines is 1. The van der Waals surface area contributed by atoms with Crippen molar-refractivity contribution in [1.29, 1.82) is 0 Å². The second kappa shape index (κ2) is 6.57. The van der Waals surface area contributed by atoms with E-state index >= 15 is 0 Å². The maximum atomic E-state index is 5.49. The summed E-state index contributed by atoms with van der Waals surface area (Å²) in [7, 11) is 5.00. The lowest BCUT2D eigenvalue weighted by molar-refractivity contribution is 0.379. The molecule has 3 heterocycles. The van der Waals surface area contributed by atoms with Gasteiger partial charge in [0.2, 0.25) is 11.8 Å². The second-order valence-electron chi connectivity index (χ2n) is 4.96. The van der Waals surface area contributed by atoms with Crippen LogP contribution in [0.4, 0.5) is 5.95 Å². The standard InChI is InChI=1S/C15H19N7O2/c1-5-16-15-19-18-13(10-7-9-21(2)20-10)22(15)12-11(23-3)6-8-17-14(12)24-4/h6-9H,5H2,1-4H3,(H,16,19). The molecule has 0 bridgehead atoms. The first kappa shape index (κ1) is 15.8. The molecular formula is C15H19N7O2. The third-order valence-corrected chi connectivity index (χ3v) is 3.43. The van der Waals surface area contributed by atoms with Crippen LogP contribution in [-0.4, -0.2) is 50.3 Å². The van der Waals surface area contributed by atoms with Gasteiger partial charge in [-0.1, -0.05) is 0 Å². The Labute approximate surface area is 139 Å². The van der Waals surface area contributed by atoms with Crippen LogP contribution in [0.25, 0.3) is 17.2 Å². The smallest absolute Gasteiger partial charge is 0.242 e. The molecule has 0 saturated carbocycles. The summed E-state index contributed by atoms with van der Waals surface area (Å²) in [6, 6.07) is 3.63. The average molecular weight is 329 g/mol. The van der Waals surface area contributed by atoms with E-state index in [1.165, 1.54) is 0 Å². The number of hydrogen-bond donors (Lipinski definition) is 1. The van der Waals surface area contributed by atoms with E-state index in [-0.39, 0.29) is 0 Å². The summed E-state index contributed by atoms with van der Waals surface area (Å²) in [6.45, 7) is 2.67. The molecule has 0 aliphatic carbocycles. The SMILES string of the molecule is CCNc1nnc(-c2ccn(C)n2)n1-c1c(OC)ccnc1OC. The average Bonchev–Trinajstić information content (AvgIpc) is 3.20. The highest BCUT2D eigenvalue weighted by Gasteiger charge is 2.23. The van der Waals surface area contributed by atoms with Crippen LogP contribution in [0.15, 0.2) is 24.5 Å². The molecule has 0 unspecified atom stereocenters. The Hall–Kier alpha value is -3.10. The van der Waals surface area contributed by atoms with Crippen LogP contribution in [0, 0.1) is 0 Å². The van der Waals surface area contributed by atoms with Crippen molar-refractivity contribution >= 4 is 5.95 Å². The van der Waals surface area contributed by atoms with Crippen molar-refractivity contribution in [3.8, 4) is 28.8 Å². The molecule has 1 N–H and O–H groups in total. The molecule has 3 rings (SSSR count). The molecule has 0 radical (unpaired) electrons. The minimum atomic E-state index is 0.408. The number of rotatable bonds is 6. The van der Waals surface area contributed by atoms with Crippen LogP contribution in [0.2, 0.25) is 0 Å². The minimum Gasteiger partial charge on any atom is -0.494 e. The summed E-state index contributed by atoms with van der Waals surface area (Å²) in [5.74, 6) is 2.13. The van der Waals surface area contributed by atoms with Gasteiger partial charge in [0, 0.05) is 32.1 Å². The highest BCUT2D eigenvalue weighted by molar-refractivity contribution is 5.64. The van der Waals surface area contributed by atoms with Gasteiger partial charge in [0.1, 0.15) is 11.4 Å². The number of nitrogens with zero attached hydrogens (tertiary/aromatic N) is 6. The van der Waals surface area contributed by atoms with Gasteiger partial charge >= 0.3 is 0 Å². The van der Waals surface area contributed by atoms with E-state index in [2.05, 4.69) is 25.6 Å². The monoisotopic (exact) mass is 329 g/mol. The maximum Gasteiger partial charge on any atom is 0.242 e. The Morgan fingerprint density at radius 3 is 2.62 bits per heavy atom. The Morgan fingerprint density at radius 2 is 2.00 bits per heavy atom. The van der Waals surface area contributed by atoms with Crippen molar-refractivity contribution in [2.24, 2.45) is 7.05 Å². The van der Waals surface area contributed by atoms with Crippen molar-refractivity contribution in [2.75, 3.05) is 26.1 Å². The molecule has 126 valence electrons. The lowest BCUT2D eigenvalue weighted by atomic mass is 10.3. The topological polar surface area (TPSA) is 91.9 Å². The molecule has 3 aromatic rings. The maximum absolute atomic E-state index is 5.49. The first-order chi connectivity index (χ1) is 11.7. The number of aromatic nitrogens is 6. The van der Waals surface area contributed by atoms with Crippen molar-refractivity contribution in [1.82, 2.24) is 29.5 Å². The largest absolute Gasteiger partial charge is 0.494 e. The van der Waals surface area contributed by atoms with E-state index in [0.717, 1.165) is 0 Å². The van der Waals surface area contributed by atoms with Crippen molar-refractivity contribution < 1.29 is 9.47 Å². The lowest BCUT2D eigenvalue weighted by Crippen LogP contribution is -2.10. The minimum absolute atomic E-state index is 0.408. The summed E-state index contributed by atoms with van der Waals surface area (Å²) in [4.78, 5) is 4.27. The first-order valence-corrected chi connectivity index (χ1v) is 7.46. The molecule has 0 aliphatic heterocycles. The van der Waals surface area contributed by atoms with E-state index in [1.807, 2.05) is 26.2 Å². The quantitative estimate of drug-likeness (QED) is 0.733. The Kier molecular flexibility index (Phi) is 4.32. The zero-order valence-electron chi connectivity index (χ0n) is 14.0. The van der Waals surface area contributed by atoms with Crippen LogP contribution < -0.4 is 14.8 Å². The van der Waals surface area contributed by atoms with Gasteiger partial charge < -0.3 is 14.8 Å². The van der Waals surface area contributed by atoms with Gasteiger partial charge in [-0.2, -0.15) is 5.10 Å². The number of methoxy groups -OCH3 is 2. The zero-order chi connectivity index (χ0) is 17.1. The molecule has 9 heteroatoms. The molecule has 0 fully saturated rings. The molecular weight excluding hydrogens is 310 g/mol. The fourth-order valence-corrected chi connectivity index (χ4v) is 2.41. The van der Waals surface area contributed by atoms with Gasteiger partial charge in [0.15, 0.2) is 11.5 Å². The van der Waals surface area contributed by atoms with E-state index in [4.69, 9.17) is 9.47 Å². The number of pyridine rings is 1.